The zero-order valence-electron chi connectivity index (χ0n) is 11.4. The molecule has 0 heterocycles. The molecule has 1 aliphatic carbocycles. The first-order valence-corrected chi connectivity index (χ1v) is 6.63. The fourth-order valence-electron chi connectivity index (χ4n) is 1.93. The van der Waals surface area contributed by atoms with Gasteiger partial charge < -0.3 is 10.4 Å². The Morgan fingerprint density at radius 2 is 2.26 bits per heavy atom. The molecule has 1 amide bonds. The van der Waals surface area contributed by atoms with E-state index < -0.39 is 0 Å². The Kier molecular flexibility index (Phi) is 4.24. The number of aliphatic hydroxyl groups excluding tert-OH is 1. The zero-order chi connectivity index (χ0) is 13.8. The molecule has 2 rings (SSSR count). The summed E-state index contributed by atoms with van der Waals surface area (Å²) in [5.41, 5.74) is 2.58. The number of amides is 1. The number of hydrogen-bond acceptors (Lipinski definition) is 2. The van der Waals surface area contributed by atoms with Gasteiger partial charge in [-0.05, 0) is 43.0 Å². The number of aryl methyl sites for hydroxylation is 1. The Bertz CT molecular complexity index is 539. The van der Waals surface area contributed by atoms with Crippen LogP contribution in [0.1, 0.15) is 41.3 Å². The Hall–Kier alpha value is -1.79. The van der Waals surface area contributed by atoms with Crippen LogP contribution in [0.15, 0.2) is 18.2 Å². The van der Waals surface area contributed by atoms with E-state index in [2.05, 4.69) is 24.1 Å². The van der Waals surface area contributed by atoms with Crippen molar-refractivity contribution in [3.8, 4) is 11.8 Å². The van der Waals surface area contributed by atoms with Crippen molar-refractivity contribution in [2.45, 2.75) is 32.7 Å². The van der Waals surface area contributed by atoms with Crippen LogP contribution in [0, 0.1) is 24.7 Å². The summed E-state index contributed by atoms with van der Waals surface area (Å²) in [6, 6.07) is 5.88. The average Bonchev–Trinajstić information content (AvgIpc) is 3.07. The molecule has 0 aliphatic heterocycles. The second-order valence-electron chi connectivity index (χ2n) is 5.10. The minimum absolute atomic E-state index is 0.00711. The topological polar surface area (TPSA) is 49.3 Å². The van der Waals surface area contributed by atoms with Gasteiger partial charge in [-0.1, -0.05) is 18.8 Å². The van der Waals surface area contributed by atoms with Crippen molar-refractivity contribution in [1.29, 1.82) is 0 Å². The molecule has 1 aliphatic rings. The van der Waals surface area contributed by atoms with E-state index in [0.29, 0.717) is 23.9 Å². The molecule has 0 spiro atoms. The summed E-state index contributed by atoms with van der Waals surface area (Å²) in [5, 5.41) is 11.7. The van der Waals surface area contributed by atoms with Crippen LogP contribution >= 0.6 is 0 Å². The maximum atomic E-state index is 12.0. The zero-order valence-corrected chi connectivity index (χ0v) is 11.4. The fraction of sp³-hybridized carbons (Fsp3) is 0.438. The molecule has 2 atom stereocenters. The highest BCUT2D eigenvalue weighted by molar-refractivity contribution is 5.95. The van der Waals surface area contributed by atoms with Gasteiger partial charge in [-0.15, -0.1) is 0 Å². The predicted octanol–water partition coefficient (Wildman–Crippen LogP) is 1.87. The third-order valence-electron chi connectivity index (χ3n) is 3.37. The van der Waals surface area contributed by atoms with Gasteiger partial charge >= 0.3 is 0 Å². The van der Waals surface area contributed by atoms with Gasteiger partial charge in [0.2, 0.25) is 0 Å². The molecule has 19 heavy (non-hydrogen) atoms. The van der Waals surface area contributed by atoms with Gasteiger partial charge in [-0.2, -0.15) is 0 Å². The molecule has 0 saturated heterocycles. The molecule has 2 unspecified atom stereocenters. The Labute approximate surface area is 114 Å². The molecular weight excluding hydrogens is 238 g/mol. The van der Waals surface area contributed by atoms with Crippen LogP contribution in [0.3, 0.4) is 0 Å². The third-order valence-corrected chi connectivity index (χ3v) is 3.37. The molecule has 0 bridgehead atoms. The molecule has 1 saturated carbocycles. The number of aliphatic hydroxyl groups is 1. The summed E-state index contributed by atoms with van der Waals surface area (Å²) in [7, 11) is 0. The van der Waals surface area contributed by atoms with Crippen LogP contribution in [0.2, 0.25) is 0 Å². The molecular formula is C16H19NO2. The van der Waals surface area contributed by atoms with Crippen molar-refractivity contribution in [3.63, 3.8) is 0 Å². The smallest absolute Gasteiger partial charge is 0.251 e. The SMILES string of the molecule is Cc1cc(C(=O)NC2CC2C)ccc1C#CCCO. The lowest BCUT2D eigenvalue weighted by Crippen LogP contribution is -2.26. The Balaban J connectivity index is 2.06. The van der Waals surface area contributed by atoms with Crippen LogP contribution in [-0.4, -0.2) is 23.7 Å². The highest BCUT2D eigenvalue weighted by Crippen LogP contribution is 2.29. The minimum Gasteiger partial charge on any atom is -0.395 e. The van der Waals surface area contributed by atoms with E-state index in [1.165, 1.54) is 0 Å². The molecule has 1 aromatic rings. The summed E-state index contributed by atoms with van der Waals surface area (Å²) in [6.07, 6.45) is 1.55. The number of benzene rings is 1. The second-order valence-corrected chi connectivity index (χ2v) is 5.10. The lowest BCUT2D eigenvalue weighted by molar-refractivity contribution is 0.0949. The predicted molar refractivity (Wildman–Crippen MR) is 74.8 cm³/mol. The molecule has 2 N–H and O–H groups in total. The quantitative estimate of drug-likeness (QED) is 0.812. The van der Waals surface area contributed by atoms with E-state index in [1.54, 1.807) is 6.07 Å². The maximum Gasteiger partial charge on any atom is 0.251 e. The molecule has 100 valence electrons. The van der Waals surface area contributed by atoms with Gasteiger partial charge in [0.05, 0.1) is 6.61 Å². The van der Waals surface area contributed by atoms with E-state index in [4.69, 9.17) is 5.11 Å². The summed E-state index contributed by atoms with van der Waals surface area (Å²) in [4.78, 5) is 12.0. The lowest BCUT2D eigenvalue weighted by Gasteiger charge is -2.06. The molecule has 3 heteroatoms. The van der Waals surface area contributed by atoms with E-state index in [9.17, 15) is 4.79 Å². The first kappa shape index (κ1) is 13.6. The number of carbonyl (C=O) groups is 1. The standard InChI is InChI=1S/C16H19NO2/c1-11-9-14(16(19)17-15-10-12(15)2)7-6-13(11)5-3-4-8-18/h6-7,9,12,15,18H,4,8,10H2,1-2H3,(H,17,19). The molecule has 0 aromatic heterocycles. The van der Waals surface area contributed by atoms with Crippen molar-refractivity contribution >= 4 is 5.91 Å². The van der Waals surface area contributed by atoms with Crippen molar-refractivity contribution in [2.75, 3.05) is 6.61 Å². The summed E-state index contributed by atoms with van der Waals surface area (Å²) in [6.45, 7) is 4.15. The van der Waals surface area contributed by atoms with Crippen molar-refractivity contribution in [3.05, 3.63) is 34.9 Å². The lowest BCUT2D eigenvalue weighted by atomic mass is 10.0. The Morgan fingerprint density at radius 1 is 1.53 bits per heavy atom. The molecule has 1 fully saturated rings. The number of nitrogens with one attached hydrogen (secondary N) is 1. The van der Waals surface area contributed by atoms with Crippen molar-refractivity contribution in [2.24, 2.45) is 5.92 Å². The molecule has 1 aromatic carbocycles. The summed E-state index contributed by atoms with van der Waals surface area (Å²) in [5.74, 6) is 6.48. The highest BCUT2D eigenvalue weighted by Gasteiger charge is 2.33. The highest BCUT2D eigenvalue weighted by atomic mass is 16.2. The van der Waals surface area contributed by atoms with Gasteiger partial charge in [0.15, 0.2) is 0 Å². The van der Waals surface area contributed by atoms with Gasteiger partial charge in [-0.3, -0.25) is 4.79 Å². The molecule has 0 radical (unpaired) electrons. The van der Waals surface area contributed by atoms with Gasteiger partial charge in [0.1, 0.15) is 0 Å². The average molecular weight is 257 g/mol. The first-order chi connectivity index (χ1) is 9.11. The number of rotatable bonds is 3. The van der Waals surface area contributed by atoms with Crippen molar-refractivity contribution < 1.29 is 9.90 Å². The number of carbonyl (C=O) groups excluding carboxylic acids is 1. The summed E-state index contributed by atoms with van der Waals surface area (Å²) >= 11 is 0. The van der Waals surface area contributed by atoms with Gasteiger partial charge in [0, 0.05) is 23.6 Å². The Morgan fingerprint density at radius 3 is 2.84 bits per heavy atom. The third kappa shape index (κ3) is 3.59. The summed E-state index contributed by atoms with van der Waals surface area (Å²) < 4.78 is 0. The van der Waals surface area contributed by atoms with Crippen LogP contribution in [0.5, 0.6) is 0 Å². The van der Waals surface area contributed by atoms with E-state index in [1.807, 2.05) is 19.1 Å². The van der Waals surface area contributed by atoms with Crippen LogP contribution < -0.4 is 5.32 Å². The minimum atomic E-state index is -0.00711. The van der Waals surface area contributed by atoms with E-state index >= 15 is 0 Å². The normalized spacial score (nSPS) is 20.4. The van der Waals surface area contributed by atoms with E-state index in [-0.39, 0.29) is 12.5 Å². The largest absolute Gasteiger partial charge is 0.395 e. The number of hydrogen-bond donors (Lipinski definition) is 2. The fourth-order valence-corrected chi connectivity index (χ4v) is 1.93. The van der Waals surface area contributed by atoms with Gasteiger partial charge in [0.25, 0.3) is 5.91 Å². The van der Waals surface area contributed by atoms with Gasteiger partial charge in [-0.25, -0.2) is 0 Å². The van der Waals surface area contributed by atoms with Crippen LogP contribution in [-0.2, 0) is 0 Å². The van der Waals surface area contributed by atoms with Crippen LogP contribution in [0.4, 0.5) is 0 Å². The second kappa shape index (κ2) is 5.90. The maximum absolute atomic E-state index is 12.0. The van der Waals surface area contributed by atoms with E-state index in [0.717, 1.165) is 17.5 Å². The van der Waals surface area contributed by atoms with Crippen molar-refractivity contribution in [1.82, 2.24) is 5.32 Å². The first-order valence-electron chi connectivity index (χ1n) is 6.63. The molecule has 3 nitrogen and oxygen atoms in total. The van der Waals surface area contributed by atoms with Crippen LogP contribution in [0.25, 0.3) is 0 Å². The monoisotopic (exact) mass is 257 g/mol.